The van der Waals surface area contributed by atoms with Crippen LogP contribution in [0.5, 0.6) is 0 Å². The van der Waals surface area contributed by atoms with Gasteiger partial charge in [-0.25, -0.2) is 9.98 Å². The van der Waals surface area contributed by atoms with Gasteiger partial charge in [0.25, 0.3) is 0 Å². The van der Waals surface area contributed by atoms with Crippen LogP contribution in [0, 0.1) is 13.8 Å². The molecule has 0 unspecified atom stereocenters. The van der Waals surface area contributed by atoms with Crippen molar-refractivity contribution in [1.82, 2.24) is 9.88 Å². The molecule has 0 bridgehead atoms. The first-order valence-corrected chi connectivity index (χ1v) is 9.23. The molecule has 1 saturated carbocycles. The van der Waals surface area contributed by atoms with Crippen LogP contribution < -0.4 is 0 Å². The normalized spacial score (nSPS) is 13.4. The zero-order valence-electron chi connectivity index (χ0n) is 15.3. The smallest absolute Gasteiger partial charge is 0.0972 e. The summed E-state index contributed by atoms with van der Waals surface area (Å²) in [7, 11) is 2.04. The van der Waals surface area contributed by atoms with Crippen LogP contribution in [-0.4, -0.2) is 29.8 Å². The lowest BCUT2D eigenvalue weighted by molar-refractivity contribution is 0.552. The molecule has 0 aliphatic heterocycles. The molecule has 0 amide bonds. The van der Waals surface area contributed by atoms with Crippen LogP contribution >= 0.6 is 36.2 Å². The molecule has 1 aliphatic carbocycles. The third-order valence-corrected chi connectivity index (χ3v) is 5.32. The summed E-state index contributed by atoms with van der Waals surface area (Å²) >= 11 is 1.80. The van der Waals surface area contributed by atoms with Crippen LogP contribution in [0.1, 0.15) is 53.1 Å². The largest absolute Gasteiger partial charge is 0.366 e. The number of aliphatic imine (C=N–C) groups is 1. The van der Waals surface area contributed by atoms with Gasteiger partial charge in [0.2, 0.25) is 0 Å². The summed E-state index contributed by atoms with van der Waals surface area (Å²) in [4.78, 5) is 11.5. The van der Waals surface area contributed by atoms with E-state index in [2.05, 4.69) is 48.2 Å². The van der Waals surface area contributed by atoms with Gasteiger partial charge in [-0.15, -0.1) is 36.2 Å². The standard InChI is InChI=1S/C19H25N3S.2ClH/c1-5-22(4)12-20-17-9-13(2)16(8-14(17)3)10-19-21-18(11-23-19)15-6-7-15;;/h8-9,11-12,15H,5-7,10H2,1-4H3;2*1H. The van der Waals surface area contributed by atoms with Crippen LogP contribution in [-0.2, 0) is 6.42 Å². The van der Waals surface area contributed by atoms with Crippen molar-refractivity contribution in [2.45, 2.75) is 46.0 Å². The highest BCUT2D eigenvalue weighted by molar-refractivity contribution is 7.09. The van der Waals surface area contributed by atoms with E-state index in [9.17, 15) is 0 Å². The molecule has 25 heavy (non-hydrogen) atoms. The van der Waals surface area contributed by atoms with Crippen molar-refractivity contribution >= 4 is 48.2 Å². The molecule has 0 N–H and O–H groups in total. The molecular weight excluding hydrogens is 373 g/mol. The zero-order valence-corrected chi connectivity index (χ0v) is 17.7. The maximum Gasteiger partial charge on any atom is 0.0972 e. The van der Waals surface area contributed by atoms with Crippen molar-refractivity contribution in [3.8, 4) is 0 Å². The first-order chi connectivity index (χ1) is 11.1. The summed E-state index contributed by atoms with van der Waals surface area (Å²) in [6.07, 6.45) is 5.48. The SMILES string of the molecule is CCN(C)C=Nc1cc(C)c(Cc2nc(C3CC3)cs2)cc1C.Cl.Cl. The number of halogens is 2. The Kier molecular flexibility index (Phi) is 8.39. The van der Waals surface area contributed by atoms with Gasteiger partial charge >= 0.3 is 0 Å². The molecule has 1 aliphatic rings. The summed E-state index contributed by atoms with van der Waals surface area (Å²) in [6.45, 7) is 7.40. The molecule has 138 valence electrons. The third-order valence-electron chi connectivity index (χ3n) is 4.45. The van der Waals surface area contributed by atoms with Crippen LogP contribution in [0.25, 0.3) is 0 Å². The van der Waals surface area contributed by atoms with E-state index < -0.39 is 0 Å². The Hall–Kier alpha value is -1.10. The average molecular weight is 400 g/mol. The van der Waals surface area contributed by atoms with E-state index in [1.807, 2.05) is 13.4 Å². The number of aryl methyl sites for hydroxylation is 2. The summed E-state index contributed by atoms with van der Waals surface area (Å²) in [5, 5.41) is 3.48. The topological polar surface area (TPSA) is 28.5 Å². The summed E-state index contributed by atoms with van der Waals surface area (Å²) < 4.78 is 0. The van der Waals surface area contributed by atoms with Crippen molar-refractivity contribution in [2.24, 2.45) is 4.99 Å². The van der Waals surface area contributed by atoms with E-state index >= 15 is 0 Å². The average Bonchev–Trinajstić information content (AvgIpc) is 3.29. The highest BCUT2D eigenvalue weighted by Gasteiger charge is 2.26. The molecule has 3 rings (SSSR count). The summed E-state index contributed by atoms with van der Waals surface area (Å²) in [5.41, 5.74) is 6.25. The Labute approximate surface area is 167 Å². The molecule has 1 fully saturated rings. The Morgan fingerprint density at radius 2 is 1.96 bits per heavy atom. The van der Waals surface area contributed by atoms with Gasteiger partial charge in [0.05, 0.1) is 22.7 Å². The van der Waals surface area contributed by atoms with Crippen LogP contribution in [0.4, 0.5) is 5.69 Å². The second-order valence-electron chi connectivity index (χ2n) is 6.50. The number of hydrogen-bond donors (Lipinski definition) is 0. The molecule has 0 saturated heterocycles. The Morgan fingerprint density at radius 3 is 2.60 bits per heavy atom. The highest BCUT2D eigenvalue weighted by Crippen LogP contribution is 2.40. The molecule has 1 aromatic heterocycles. The second-order valence-corrected chi connectivity index (χ2v) is 7.44. The van der Waals surface area contributed by atoms with Crippen molar-refractivity contribution in [2.75, 3.05) is 13.6 Å². The fourth-order valence-corrected chi connectivity index (χ4v) is 3.47. The van der Waals surface area contributed by atoms with Crippen molar-refractivity contribution in [1.29, 1.82) is 0 Å². The van der Waals surface area contributed by atoms with E-state index in [1.54, 1.807) is 11.3 Å². The molecule has 1 aromatic carbocycles. The van der Waals surface area contributed by atoms with Crippen LogP contribution in [0.2, 0.25) is 0 Å². The number of thiazole rings is 1. The molecule has 6 heteroatoms. The fourth-order valence-electron chi connectivity index (χ4n) is 2.57. The molecule has 1 heterocycles. The maximum atomic E-state index is 4.81. The lowest BCUT2D eigenvalue weighted by Crippen LogP contribution is -2.14. The van der Waals surface area contributed by atoms with Gasteiger partial charge in [-0.05, 0) is 56.4 Å². The van der Waals surface area contributed by atoms with Crippen molar-refractivity contribution in [3.05, 3.63) is 44.9 Å². The minimum atomic E-state index is 0. The van der Waals surface area contributed by atoms with Crippen molar-refractivity contribution < 1.29 is 0 Å². The van der Waals surface area contributed by atoms with Crippen LogP contribution in [0.3, 0.4) is 0 Å². The van der Waals surface area contributed by atoms with E-state index in [0.29, 0.717) is 0 Å². The van der Waals surface area contributed by atoms with Gasteiger partial charge in [-0.2, -0.15) is 0 Å². The molecule has 0 atom stereocenters. The molecule has 2 aromatic rings. The molecule has 0 spiro atoms. The number of aromatic nitrogens is 1. The zero-order chi connectivity index (χ0) is 16.4. The minimum Gasteiger partial charge on any atom is -0.366 e. The lowest BCUT2D eigenvalue weighted by atomic mass is 10.0. The van der Waals surface area contributed by atoms with E-state index in [-0.39, 0.29) is 24.8 Å². The van der Waals surface area contributed by atoms with E-state index in [4.69, 9.17) is 4.98 Å². The van der Waals surface area contributed by atoms with Gasteiger partial charge in [0.1, 0.15) is 0 Å². The fraction of sp³-hybridized carbons (Fsp3) is 0.474. The first kappa shape index (κ1) is 21.9. The lowest BCUT2D eigenvalue weighted by Gasteiger charge is -2.11. The van der Waals surface area contributed by atoms with Gasteiger partial charge in [-0.1, -0.05) is 6.07 Å². The quantitative estimate of drug-likeness (QED) is 0.461. The summed E-state index contributed by atoms with van der Waals surface area (Å²) in [6, 6.07) is 4.46. The van der Waals surface area contributed by atoms with Gasteiger partial charge in [0.15, 0.2) is 0 Å². The highest BCUT2D eigenvalue weighted by atomic mass is 35.5. The monoisotopic (exact) mass is 399 g/mol. The van der Waals surface area contributed by atoms with Gasteiger partial charge in [0, 0.05) is 31.3 Å². The number of benzene rings is 1. The number of nitrogens with zero attached hydrogens (tertiary/aromatic N) is 3. The molecular formula is C19H27Cl2N3S. The maximum absolute atomic E-state index is 4.81. The van der Waals surface area contributed by atoms with E-state index in [1.165, 1.54) is 40.2 Å². The predicted molar refractivity (Wildman–Crippen MR) is 114 cm³/mol. The molecule has 0 radical (unpaired) electrons. The Bertz CT molecular complexity index is 723. The van der Waals surface area contributed by atoms with Crippen molar-refractivity contribution in [3.63, 3.8) is 0 Å². The second kappa shape index (κ2) is 9.56. The molecule has 3 nitrogen and oxygen atoms in total. The van der Waals surface area contributed by atoms with Crippen LogP contribution in [0.15, 0.2) is 22.5 Å². The van der Waals surface area contributed by atoms with Gasteiger partial charge < -0.3 is 4.90 Å². The minimum absolute atomic E-state index is 0. The van der Waals surface area contributed by atoms with Gasteiger partial charge in [-0.3, -0.25) is 0 Å². The number of hydrogen-bond acceptors (Lipinski definition) is 3. The predicted octanol–water partition coefficient (Wildman–Crippen LogP) is 5.68. The number of rotatable bonds is 6. The van der Waals surface area contributed by atoms with E-state index in [0.717, 1.165) is 24.6 Å². The third kappa shape index (κ3) is 5.70. The first-order valence-electron chi connectivity index (χ1n) is 8.35. The Morgan fingerprint density at radius 1 is 1.24 bits per heavy atom. The summed E-state index contributed by atoms with van der Waals surface area (Å²) in [5.74, 6) is 0.745. The Balaban J connectivity index is 0.00000156.